The Hall–Kier alpha value is -1.08. The molecule has 0 aromatic carbocycles. The van der Waals surface area contributed by atoms with Crippen LogP contribution >= 0.6 is 11.6 Å². The van der Waals surface area contributed by atoms with Gasteiger partial charge in [0, 0.05) is 19.7 Å². The van der Waals surface area contributed by atoms with Crippen molar-refractivity contribution >= 4 is 17.4 Å². The molecule has 8 heteroatoms. The molecule has 0 atom stereocenters. The number of hydrogen-bond donors (Lipinski definition) is 0. The minimum absolute atomic E-state index is 0.0631. The summed E-state index contributed by atoms with van der Waals surface area (Å²) in [5, 5.41) is -0.242. The average Bonchev–Trinajstić information content (AvgIpc) is 2.26. The van der Waals surface area contributed by atoms with Crippen molar-refractivity contribution in [3.63, 3.8) is 0 Å². The summed E-state index contributed by atoms with van der Waals surface area (Å²) in [6.07, 6.45) is -4.55. The van der Waals surface area contributed by atoms with Crippen LogP contribution in [0.15, 0.2) is 6.07 Å². The van der Waals surface area contributed by atoms with E-state index in [0.717, 1.165) is 0 Å². The third-order valence-corrected chi connectivity index (χ3v) is 2.40. The van der Waals surface area contributed by atoms with Gasteiger partial charge in [0.15, 0.2) is 0 Å². The molecular weight excluding hydrogens is 283 g/mol. The second-order valence-corrected chi connectivity index (χ2v) is 4.60. The lowest BCUT2D eigenvalue weighted by molar-refractivity contribution is -0.144. The highest BCUT2D eigenvalue weighted by Crippen LogP contribution is 2.28. The van der Waals surface area contributed by atoms with Gasteiger partial charge in [0.25, 0.3) is 0 Å². The van der Waals surface area contributed by atoms with E-state index in [1.54, 1.807) is 7.05 Å². The molecule has 0 aliphatic carbocycles. The average molecular weight is 298 g/mol. The summed E-state index contributed by atoms with van der Waals surface area (Å²) >= 11 is 5.58. The highest BCUT2D eigenvalue weighted by atomic mass is 35.5. The number of halogens is 4. The van der Waals surface area contributed by atoms with Gasteiger partial charge in [0.05, 0.1) is 12.7 Å². The van der Waals surface area contributed by atoms with Crippen LogP contribution in [0, 0.1) is 0 Å². The maximum Gasteiger partial charge on any atom is 0.451 e. The van der Waals surface area contributed by atoms with Crippen LogP contribution in [0.25, 0.3) is 0 Å². The SMILES string of the molecule is CC(C)OCCN(C)c1cc(Cl)nc(C(F)(F)F)n1. The van der Waals surface area contributed by atoms with E-state index in [2.05, 4.69) is 9.97 Å². The lowest BCUT2D eigenvalue weighted by atomic mass is 10.4. The summed E-state index contributed by atoms with van der Waals surface area (Å²) in [6, 6.07) is 1.28. The predicted molar refractivity (Wildman–Crippen MR) is 66.4 cm³/mol. The first-order valence-electron chi connectivity index (χ1n) is 5.64. The first-order chi connectivity index (χ1) is 8.70. The fourth-order valence-corrected chi connectivity index (χ4v) is 1.45. The maximum atomic E-state index is 12.5. The van der Waals surface area contributed by atoms with Crippen molar-refractivity contribution in [3.8, 4) is 0 Å². The first-order valence-corrected chi connectivity index (χ1v) is 6.02. The van der Waals surface area contributed by atoms with Crippen LogP contribution in [-0.2, 0) is 10.9 Å². The normalized spacial score (nSPS) is 12.0. The van der Waals surface area contributed by atoms with Crippen LogP contribution in [0.2, 0.25) is 5.15 Å². The lowest BCUT2D eigenvalue weighted by Crippen LogP contribution is -2.26. The van der Waals surface area contributed by atoms with Crippen molar-refractivity contribution in [3.05, 3.63) is 17.0 Å². The van der Waals surface area contributed by atoms with Gasteiger partial charge in [0.2, 0.25) is 5.82 Å². The van der Waals surface area contributed by atoms with Gasteiger partial charge < -0.3 is 9.64 Å². The number of anilines is 1. The van der Waals surface area contributed by atoms with Crippen molar-refractivity contribution in [2.24, 2.45) is 0 Å². The maximum absolute atomic E-state index is 12.5. The highest BCUT2D eigenvalue weighted by molar-refractivity contribution is 6.29. The van der Waals surface area contributed by atoms with E-state index in [0.29, 0.717) is 13.2 Å². The van der Waals surface area contributed by atoms with Crippen molar-refractivity contribution in [1.29, 1.82) is 0 Å². The molecule has 0 unspecified atom stereocenters. The van der Waals surface area contributed by atoms with Crippen LogP contribution in [0.1, 0.15) is 19.7 Å². The quantitative estimate of drug-likeness (QED) is 0.783. The van der Waals surface area contributed by atoms with Gasteiger partial charge in [-0.1, -0.05) is 11.6 Å². The Morgan fingerprint density at radius 2 is 2.00 bits per heavy atom. The van der Waals surface area contributed by atoms with E-state index >= 15 is 0 Å². The van der Waals surface area contributed by atoms with Crippen molar-refractivity contribution in [1.82, 2.24) is 9.97 Å². The van der Waals surface area contributed by atoms with Gasteiger partial charge in [-0.3, -0.25) is 0 Å². The number of hydrogen-bond acceptors (Lipinski definition) is 4. The van der Waals surface area contributed by atoms with Crippen LogP contribution in [0.3, 0.4) is 0 Å². The summed E-state index contributed by atoms with van der Waals surface area (Å²) in [6.45, 7) is 4.55. The highest BCUT2D eigenvalue weighted by Gasteiger charge is 2.35. The molecule has 0 saturated carbocycles. The monoisotopic (exact) mass is 297 g/mol. The van der Waals surface area contributed by atoms with Gasteiger partial charge in [-0.2, -0.15) is 13.2 Å². The molecule has 0 aliphatic rings. The Kier molecular flexibility index (Phi) is 5.37. The molecule has 0 saturated heterocycles. The summed E-state index contributed by atoms with van der Waals surface area (Å²) in [4.78, 5) is 8.15. The van der Waals surface area contributed by atoms with Crippen LogP contribution in [0.5, 0.6) is 0 Å². The second-order valence-electron chi connectivity index (χ2n) is 4.21. The van der Waals surface area contributed by atoms with Crippen molar-refractivity contribution in [2.45, 2.75) is 26.1 Å². The summed E-state index contributed by atoms with van der Waals surface area (Å²) in [5.41, 5.74) is 0. The van der Waals surface area contributed by atoms with Gasteiger partial charge in [-0.25, -0.2) is 9.97 Å². The molecular formula is C11H15ClF3N3O. The van der Waals surface area contributed by atoms with Gasteiger partial charge in [0.1, 0.15) is 11.0 Å². The Morgan fingerprint density at radius 3 is 2.53 bits per heavy atom. The number of likely N-dealkylation sites (N-methyl/N-ethyl adjacent to an activating group) is 1. The number of aromatic nitrogens is 2. The van der Waals surface area contributed by atoms with Gasteiger partial charge in [-0.05, 0) is 13.8 Å². The van der Waals surface area contributed by atoms with Crippen LogP contribution < -0.4 is 4.90 Å². The third kappa shape index (κ3) is 5.20. The molecule has 0 fully saturated rings. The van der Waals surface area contributed by atoms with E-state index < -0.39 is 12.0 Å². The summed E-state index contributed by atoms with van der Waals surface area (Å²) < 4.78 is 42.9. The predicted octanol–water partition coefficient (Wildman–Crippen LogP) is 3.01. The largest absolute Gasteiger partial charge is 0.451 e. The lowest BCUT2D eigenvalue weighted by Gasteiger charge is -2.20. The smallest absolute Gasteiger partial charge is 0.377 e. The van der Waals surface area contributed by atoms with E-state index in [4.69, 9.17) is 16.3 Å². The molecule has 1 aromatic heterocycles. The Balaban J connectivity index is 2.79. The standard InChI is InChI=1S/C11H15ClF3N3O/c1-7(2)19-5-4-18(3)9-6-8(12)16-10(17-9)11(13,14)15/h6-7H,4-5H2,1-3H3. The molecule has 108 valence electrons. The van der Waals surface area contributed by atoms with E-state index in [-0.39, 0.29) is 17.1 Å². The number of alkyl halides is 3. The number of rotatable bonds is 5. The first kappa shape index (κ1) is 16.0. The number of ether oxygens (including phenoxy) is 1. The van der Waals surface area contributed by atoms with Gasteiger partial charge >= 0.3 is 6.18 Å². The Morgan fingerprint density at radius 1 is 1.37 bits per heavy atom. The second kappa shape index (κ2) is 6.38. The zero-order valence-corrected chi connectivity index (χ0v) is 11.6. The molecule has 0 bridgehead atoms. The number of nitrogens with zero attached hydrogens (tertiary/aromatic N) is 3. The van der Waals surface area contributed by atoms with E-state index in [9.17, 15) is 13.2 Å². The molecule has 1 heterocycles. The third-order valence-electron chi connectivity index (χ3n) is 2.20. The zero-order valence-electron chi connectivity index (χ0n) is 10.8. The molecule has 0 aliphatic heterocycles. The topological polar surface area (TPSA) is 38.2 Å². The minimum atomic E-state index is -4.62. The minimum Gasteiger partial charge on any atom is -0.377 e. The van der Waals surface area contributed by atoms with Crippen LogP contribution in [0.4, 0.5) is 19.0 Å². The molecule has 1 aromatic rings. The Labute approximate surface area is 114 Å². The molecule has 0 radical (unpaired) electrons. The fraction of sp³-hybridized carbons (Fsp3) is 0.636. The summed E-state index contributed by atoms with van der Waals surface area (Å²) in [7, 11) is 1.61. The van der Waals surface area contributed by atoms with E-state index in [1.807, 2.05) is 13.8 Å². The molecule has 4 nitrogen and oxygen atoms in total. The molecule has 1 rings (SSSR count). The van der Waals surface area contributed by atoms with Crippen LogP contribution in [-0.4, -0.2) is 36.3 Å². The van der Waals surface area contributed by atoms with Crippen molar-refractivity contribution < 1.29 is 17.9 Å². The Bertz CT molecular complexity index is 426. The summed E-state index contributed by atoms with van der Waals surface area (Å²) in [5.74, 6) is -1.13. The van der Waals surface area contributed by atoms with E-state index in [1.165, 1.54) is 11.0 Å². The van der Waals surface area contributed by atoms with Gasteiger partial charge in [-0.15, -0.1) is 0 Å². The fourth-order valence-electron chi connectivity index (χ4n) is 1.27. The molecule has 19 heavy (non-hydrogen) atoms. The zero-order chi connectivity index (χ0) is 14.6. The molecule has 0 N–H and O–H groups in total. The molecule has 0 spiro atoms. The van der Waals surface area contributed by atoms with Crippen molar-refractivity contribution in [2.75, 3.05) is 25.1 Å². The molecule has 0 amide bonds.